The monoisotopic (exact) mass is 266 g/mol. The number of hydrogen-bond donors (Lipinski definition) is 0. The Balaban J connectivity index is 1.77. The molecule has 3 fully saturated rings. The fourth-order valence-corrected chi connectivity index (χ4v) is 11.2. The summed E-state index contributed by atoms with van der Waals surface area (Å²) in [6.45, 7) is 1.11. The Bertz CT molecular complexity index is 228. The van der Waals surface area contributed by atoms with E-state index in [1.165, 1.54) is 83.1 Å². The molecule has 0 aromatic heterocycles. The van der Waals surface area contributed by atoms with E-state index in [-0.39, 0.29) is 0 Å². The van der Waals surface area contributed by atoms with Crippen LogP contribution in [0.1, 0.15) is 77.0 Å². The van der Waals surface area contributed by atoms with Gasteiger partial charge < -0.3 is 4.43 Å². The normalized spacial score (nSPS) is 31.3. The lowest BCUT2D eigenvalue weighted by atomic mass is 9.99. The molecule has 0 aromatic rings. The minimum Gasteiger partial charge on any atom is -0.416 e. The van der Waals surface area contributed by atoms with Gasteiger partial charge in [-0.25, -0.2) is 0 Å². The molecule has 2 heteroatoms. The molecule has 0 unspecified atom stereocenters. The van der Waals surface area contributed by atoms with Crippen LogP contribution in [0.25, 0.3) is 0 Å². The van der Waals surface area contributed by atoms with Gasteiger partial charge >= 0.3 is 0 Å². The third kappa shape index (κ3) is 2.56. The highest BCUT2D eigenvalue weighted by Crippen LogP contribution is 2.52. The summed E-state index contributed by atoms with van der Waals surface area (Å²) in [5.41, 5.74) is 2.07. The van der Waals surface area contributed by atoms with E-state index in [9.17, 15) is 0 Å². The number of hydrogen-bond acceptors (Lipinski definition) is 1. The van der Waals surface area contributed by atoms with Crippen molar-refractivity contribution in [1.82, 2.24) is 0 Å². The molecule has 1 aliphatic heterocycles. The van der Waals surface area contributed by atoms with Crippen molar-refractivity contribution in [3.05, 3.63) is 0 Å². The fraction of sp³-hybridized carbons (Fsp3) is 1.00. The molecule has 1 saturated heterocycles. The predicted octanol–water partition coefficient (Wildman–Crippen LogP) is 5.41. The van der Waals surface area contributed by atoms with Crippen LogP contribution in [0.5, 0.6) is 0 Å². The Labute approximate surface area is 114 Å². The van der Waals surface area contributed by atoms with Crippen molar-refractivity contribution in [2.45, 2.75) is 94.2 Å². The van der Waals surface area contributed by atoms with E-state index in [1.807, 2.05) is 0 Å². The summed E-state index contributed by atoms with van der Waals surface area (Å²) < 4.78 is 6.68. The van der Waals surface area contributed by atoms with Crippen molar-refractivity contribution < 1.29 is 4.43 Å². The molecule has 3 rings (SSSR count). The molecule has 2 aliphatic carbocycles. The topological polar surface area (TPSA) is 9.23 Å². The highest BCUT2D eigenvalue weighted by Gasteiger charge is 2.50. The van der Waals surface area contributed by atoms with Gasteiger partial charge in [0.1, 0.15) is 0 Å². The molecular formula is C16H30OSi. The van der Waals surface area contributed by atoms with Crippen molar-refractivity contribution in [1.29, 1.82) is 0 Å². The Kier molecular flexibility index (Phi) is 4.45. The van der Waals surface area contributed by atoms with Gasteiger partial charge in [0.2, 0.25) is 0 Å². The average Bonchev–Trinajstić information content (AvgIpc) is 2.50. The Hall–Kier alpha value is 0.177. The van der Waals surface area contributed by atoms with Crippen LogP contribution in [0.4, 0.5) is 0 Å². The van der Waals surface area contributed by atoms with Gasteiger partial charge in [-0.05, 0) is 23.5 Å². The van der Waals surface area contributed by atoms with E-state index in [0.29, 0.717) is 0 Å². The smallest absolute Gasteiger partial charge is 0.198 e. The van der Waals surface area contributed by atoms with Crippen molar-refractivity contribution in [2.75, 3.05) is 6.61 Å². The molecule has 0 spiro atoms. The van der Waals surface area contributed by atoms with Crippen molar-refractivity contribution >= 4 is 8.32 Å². The van der Waals surface area contributed by atoms with Gasteiger partial charge in [0.05, 0.1) is 0 Å². The van der Waals surface area contributed by atoms with Gasteiger partial charge in [0.15, 0.2) is 8.32 Å². The van der Waals surface area contributed by atoms with Crippen molar-refractivity contribution in [3.63, 3.8) is 0 Å². The molecule has 0 bridgehead atoms. The van der Waals surface area contributed by atoms with E-state index < -0.39 is 8.32 Å². The predicted molar refractivity (Wildman–Crippen MR) is 79.4 cm³/mol. The first-order valence-electron chi connectivity index (χ1n) is 8.56. The van der Waals surface area contributed by atoms with Crippen molar-refractivity contribution in [3.8, 4) is 0 Å². The van der Waals surface area contributed by atoms with Crippen LogP contribution in [0.2, 0.25) is 17.1 Å². The molecule has 0 atom stereocenters. The molecule has 0 amide bonds. The summed E-state index contributed by atoms with van der Waals surface area (Å²) in [7, 11) is -1.38. The Morgan fingerprint density at radius 1 is 0.611 bits per heavy atom. The van der Waals surface area contributed by atoms with Gasteiger partial charge in [-0.1, -0.05) is 70.6 Å². The summed E-state index contributed by atoms with van der Waals surface area (Å²) in [5.74, 6) is 0. The summed E-state index contributed by atoms with van der Waals surface area (Å²) in [5, 5.41) is 0. The van der Waals surface area contributed by atoms with Gasteiger partial charge in [-0.2, -0.15) is 0 Å². The Morgan fingerprint density at radius 3 is 1.61 bits per heavy atom. The standard InChI is InChI=1S/C16H30OSi/c1-3-9-15(10-4-1)18(14-8-7-13-17-18)16-11-5-2-6-12-16/h15-16H,1-14H2. The minimum absolute atomic E-state index is 1.04. The summed E-state index contributed by atoms with van der Waals surface area (Å²) in [6.07, 6.45) is 17.9. The first kappa shape index (κ1) is 13.2. The molecule has 1 heterocycles. The van der Waals surface area contributed by atoms with Crippen LogP contribution < -0.4 is 0 Å². The molecule has 0 N–H and O–H groups in total. The Morgan fingerprint density at radius 2 is 1.17 bits per heavy atom. The average molecular weight is 267 g/mol. The lowest BCUT2D eigenvalue weighted by molar-refractivity contribution is 0.230. The van der Waals surface area contributed by atoms with Crippen LogP contribution in [0.15, 0.2) is 0 Å². The number of rotatable bonds is 2. The van der Waals surface area contributed by atoms with E-state index in [0.717, 1.165) is 17.7 Å². The van der Waals surface area contributed by atoms with Crippen LogP contribution >= 0.6 is 0 Å². The second kappa shape index (κ2) is 6.09. The largest absolute Gasteiger partial charge is 0.416 e. The van der Waals surface area contributed by atoms with E-state index in [4.69, 9.17) is 4.43 Å². The maximum atomic E-state index is 6.68. The summed E-state index contributed by atoms with van der Waals surface area (Å²) >= 11 is 0. The fourth-order valence-electron chi connectivity index (χ4n) is 5.00. The van der Waals surface area contributed by atoms with Gasteiger partial charge in [0.25, 0.3) is 0 Å². The van der Waals surface area contributed by atoms with E-state index >= 15 is 0 Å². The maximum absolute atomic E-state index is 6.68. The molecule has 2 saturated carbocycles. The summed E-state index contributed by atoms with van der Waals surface area (Å²) in [4.78, 5) is 0. The zero-order chi connectivity index (χ0) is 12.3. The van der Waals surface area contributed by atoms with E-state index in [1.54, 1.807) is 0 Å². The molecule has 3 aliphatic rings. The van der Waals surface area contributed by atoms with Gasteiger partial charge in [-0.3, -0.25) is 0 Å². The lowest BCUT2D eigenvalue weighted by Gasteiger charge is -2.49. The molecule has 0 radical (unpaired) electrons. The zero-order valence-electron chi connectivity index (χ0n) is 12.0. The molecule has 104 valence electrons. The highest BCUT2D eigenvalue weighted by atomic mass is 28.4. The molecule has 1 nitrogen and oxygen atoms in total. The first-order valence-corrected chi connectivity index (χ1v) is 10.8. The second-order valence-electron chi connectivity index (χ2n) is 6.93. The third-order valence-corrected chi connectivity index (χ3v) is 11.7. The molecular weight excluding hydrogens is 236 g/mol. The van der Waals surface area contributed by atoms with Crippen LogP contribution in [-0.2, 0) is 4.43 Å². The van der Waals surface area contributed by atoms with Crippen LogP contribution in [-0.4, -0.2) is 14.9 Å². The molecule has 0 aromatic carbocycles. The molecule has 18 heavy (non-hydrogen) atoms. The zero-order valence-corrected chi connectivity index (χ0v) is 13.0. The lowest BCUT2D eigenvalue weighted by Crippen LogP contribution is -2.51. The van der Waals surface area contributed by atoms with E-state index in [2.05, 4.69) is 0 Å². The van der Waals surface area contributed by atoms with Gasteiger partial charge in [-0.15, -0.1) is 0 Å². The SMILES string of the molecule is C1CCC([Si]2(C3CCCCC3)CCCCO2)CC1. The minimum atomic E-state index is -1.38. The van der Waals surface area contributed by atoms with Crippen LogP contribution in [0.3, 0.4) is 0 Å². The van der Waals surface area contributed by atoms with Crippen LogP contribution in [0, 0.1) is 0 Å². The first-order chi connectivity index (χ1) is 8.92. The van der Waals surface area contributed by atoms with Gasteiger partial charge in [0, 0.05) is 6.61 Å². The maximum Gasteiger partial charge on any atom is 0.198 e. The van der Waals surface area contributed by atoms with Crippen molar-refractivity contribution in [2.24, 2.45) is 0 Å². The summed E-state index contributed by atoms with van der Waals surface area (Å²) in [6, 6.07) is 1.52. The highest BCUT2D eigenvalue weighted by molar-refractivity contribution is 6.76. The third-order valence-electron chi connectivity index (χ3n) is 5.93. The quantitative estimate of drug-likeness (QED) is 0.607. The second-order valence-corrected chi connectivity index (χ2v) is 11.3.